The minimum absolute atomic E-state index is 0.300. The van der Waals surface area contributed by atoms with Gasteiger partial charge < -0.3 is 20.1 Å². The number of anilines is 3. The highest BCUT2D eigenvalue weighted by Crippen LogP contribution is 2.29. The van der Waals surface area contributed by atoms with Crippen LogP contribution in [0.25, 0.3) is 0 Å². The van der Waals surface area contributed by atoms with Crippen molar-refractivity contribution in [3.63, 3.8) is 0 Å². The molecule has 0 fully saturated rings. The fourth-order valence-corrected chi connectivity index (χ4v) is 2.45. The second-order valence-electron chi connectivity index (χ2n) is 5.59. The summed E-state index contributed by atoms with van der Waals surface area (Å²) in [6.07, 6.45) is 2.94. The van der Waals surface area contributed by atoms with E-state index >= 15 is 0 Å². The Kier molecular flexibility index (Phi) is 5.51. The lowest BCUT2D eigenvalue weighted by Crippen LogP contribution is -2.13. The summed E-state index contributed by atoms with van der Waals surface area (Å²) in [5, 5.41) is 5.68. The number of halogens is 1. The van der Waals surface area contributed by atoms with Crippen LogP contribution in [-0.4, -0.2) is 25.1 Å². The van der Waals surface area contributed by atoms with E-state index in [1.54, 1.807) is 49.6 Å². The highest BCUT2D eigenvalue weighted by molar-refractivity contribution is 6.05. The Hall–Kier alpha value is -3.61. The molecule has 0 bridgehead atoms. The third-order valence-corrected chi connectivity index (χ3v) is 3.81. The van der Waals surface area contributed by atoms with Crippen LogP contribution in [0.5, 0.6) is 11.5 Å². The van der Waals surface area contributed by atoms with Crippen molar-refractivity contribution in [3.8, 4) is 11.5 Å². The molecule has 2 N–H and O–H groups in total. The van der Waals surface area contributed by atoms with Crippen molar-refractivity contribution in [1.29, 1.82) is 0 Å². The Balaban J connectivity index is 1.79. The van der Waals surface area contributed by atoms with Crippen LogP contribution in [0.2, 0.25) is 0 Å². The van der Waals surface area contributed by atoms with Crippen LogP contribution < -0.4 is 20.1 Å². The molecule has 7 heteroatoms. The Bertz CT molecular complexity index is 963. The summed E-state index contributed by atoms with van der Waals surface area (Å²) in [7, 11) is 3.05. The smallest absolute Gasteiger partial charge is 0.257 e. The molecule has 1 aromatic heterocycles. The van der Waals surface area contributed by atoms with Crippen LogP contribution >= 0.6 is 0 Å². The van der Waals surface area contributed by atoms with Crippen LogP contribution in [-0.2, 0) is 0 Å². The number of ether oxygens (including phenoxy) is 2. The molecular formula is C20H18FN3O3. The predicted molar refractivity (Wildman–Crippen MR) is 101 cm³/mol. The van der Waals surface area contributed by atoms with Crippen molar-refractivity contribution in [2.45, 2.75) is 0 Å². The summed E-state index contributed by atoms with van der Waals surface area (Å²) in [6, 6.07) is 12.9. The average molecular weight is 367 g/mol. The summed E-state index contributed by atoms with van der Waals surface area (Å²) < 4.78 is 24.2. The Labute approximate surface area is 156 Å². The molecule has 0 saturated carbocycles. The Morgan fingerprint density at radius 3 is 2.56 bits per heavy atom. The van der Waals surface area contributed by atoms with Crippen LogP contribution in [0.1, 0.15) is 10.4 Å². The molecule has 138 valence electrons. The molecule has 3 aromatic rings. The Morgan fingerprint density at radius 1 is 1.00 bits per heavy atom. The second kappa shape index (κ2) is 8.18. The molecule has 1 amide bonds. The second-order valence-corrected chi connectivity index (χ2v) is 5.59. The van der Waals surface area contributed by atoms with E-state index in [1.165, 1.54) is 25.6 Å². The molecule has 0 unspecified atom stereocenters. The number of hydrogen-bond acceptors (Lipinski definition) is 5. The fraction of sp³-hybridized carbons (Fsp3) is 0.100. The SMILES string of the molecule is COc1ccc(NC(=O)c2cncc(Nc3ccccc3F)c2)c(OC)c1. The minimum Gasteiger partial charge on any atom is -0.497 e. The first-order valence-electron chi connectivity index (χ1n) is 8.10. The van der Waals surface area contributed by atoms with Gasteiger partial charge in [0.2, 0.25) is 0 Å². The number of amides is 1. The zero-order chi connectivity index (χ0) is 19.2. The standard InChI is InChI=1S/C20H18FN3O3/c1-26-15-7-8-18(19(10-15)27-2)24-20(25)13-9-14(12-22-11-13)23-17-6-4-3-5-16(17)21/h3-12,23H,1-2H3,(H,24,25). The number of hydrogen-bond donors (Lipinski definition) is 2. The zero-order valence-electron chi connectivity index (χ0n) is 14.8. The number of para-hydroxylation sites is 1. The van der Waals surface area contributed by atoms with Crippen molar-refractivity contribution in [2.75, 3.05) is 24.9 Å². The van der Waals surface area contributed by atoms with Crippen LogP contribution in [0.4, 0.5) is 21.5 Å². The van der Waals surface area contributed by atoms with E-state index in [-0.39, 0.29) is 5.91 Å². The van der Waals surface area contributed by atoms with Gasteiger partial charge in [0.05, 0.1) is 43.0 Å². The lowest BCUT2D eigenvalue weighted by Gasteiger charge is -2.12. The number of carbonyl (C=O) groups excluding carboxylic acids is 1. The quantitative estimate of drug-likeness (QED) is 0.682. The van der Waals surface area contributed by atoms with E-state index in [4.69, 9.17) is 9.47 Å². The first-order valence-corrected chi connectivity index (χ1v) is 8.10. The van der Waals surface area contributed by atoms with Crippen LogP contribution in [0, 0.1) is 5.82 Å². The topological polar surface area (TPSA) is 72.5 Å². The monoisotopic (exact) mass is 367 g/mol. The largest absolute Gasteiger partial charge is 0.497 e. The third-order valence-electron chi connectivity index (χ3n) is 3.81. The van der Waals surface area contributed by atoms with E-state index in [9.17, 15) is 9.18 Å². The van der Waals surface area contributed by atoms with Gasteiger partial charge in [0.15, 0.2) is 0 Å². The van der Waals surface area contributed by atoms with Gasteiger partial charge in [-0.15, -0.1) is 0 Å². The van der Waals surface area contributed by atoms with Gasteiger partial charge in [-0.1, -0.05) is 12.1 Å². The number of benzene rings is 2. The molecule has 0 spiro atoms. The summed E-state index contributed by atoms with van der Waals surface area (Å²) >= 11 is 0. The average Bonchev–Trinajstić information content (AvgIpc) is 2.70. The minimum atomic E-state index is -0.393. The van der Waals surface area contributed by atoms with Crippen LogP contribution in [0.15, 0.2) is 60.9 Å². The van der Waals surface area contributed by atoms with E-state index < -0.39 is 5.82 Å². The van der Waals surface area contributed by atoms with Crippen molar-refractivity contribution in [3.05, 3.63) is 72.3 Å². The number of methoxy groups -OCH3 is 2. The van der Waals surface area contributed by atoms with Gasteiger partial charge in [-0.2, -0.15) is 0 Å². The number of carbonyl (C=O) groups is 1. The number of rotatable bonds is 6. The van der Waals surface area contributed by atoms with Gasteiger partial charge in [0.1, 0.15) is 17.3 Å². The molecule has 27 heavy (non-hydrogen) atoms. The van der Waals surface area contributed by atoms with Crippen molar-refractivity contribution in [2.24, 2.45) is 0 Å². The fourth-order valence-electron chi connectivity index (χ4n) is 2.45. The molecule has 0 atom stereocenters. The van der Waals surface area contributed by atoms with Gasteiger partial charge in [-0.3, -0.25) is 9.78 Å². The molecule has 0 aliphatic rings. The van der Waals surface area contributed by atoms with E-state index in [1.807, 2.05) is 0 Å². The van der Waals surface area contributed by atoms with Gasteiger partial charge in [0.25, 0.3) is 5.91 Å². The van der Waals surface area contributed by atoms with Gasteiger partial charge in [0, 0.05) is 12.3 Å². The zero-order valence-corrected chi connectivity index (χ0v) is 14.8. The molecule has 0 radical (unpaired) electrons. The number of pyridine rings is 1. The maximum Gasteiger partial charge on any atom is 0.257 e. The van der Waals surface area contributed by atoms with E-state index in [0.717, 1.165) is 0 Å². The number of nitrogens with zero attached hydrogens (tertiary/aromatic N) is 1. The molecule has 0 aliphatic heterocycles. The van der Waals surface area contributed by atoms with Crippen molar-refractivity contribution in [1.82, 2.24) is 4.98 Å². The van der Waals surface area contributed by atoms with Gasteiger partial charge >= 0.3 is 0 Å². The summed E-state index contributed by atoms with van der Waals surface area (Å²) in [5.74, 6) is 0.317. The van der Waals surface area contributed by atoms with E-state index in [2.05, 4.69) is 15.6 Å². The highest BCUT2D eigenvalue weighted by Gasteiger charge is 2.12. The van der Waals surface area contributed by atoms with E-state index in [0.29, 0.717) is 34.1 Å². The first-order chi connectivity index (χ1) is 13.1. The third kappa shape index (κ3) is 4.33. The van der Waals surface area contributed by atoms with Gasteiger partial charge in [-0.25, -0.2) is 4.39 Å². The highest BCUT2D eigenvalue weighted by atomic mass is 19.1. The first kappa shape index (κ1) is 18.2. The summed E-state index contributed by atoms with van der Waals surface area (Å²) in [6.45, 7) is 0. The molecule has 6 nitrogen and oxygen atoms in total. The number of nitrogens with one attached hydrogen (secondary N) is 2. The lowest BCUT2D eigenvalue weighted by molar-refractivity contribution is 0.102. The molecular weight excluding hydrogens is 349 g/mol. The van der Waals surface area contributed by atoms with Crippen molar-refractivity contribution >= 4 is 23.0 Å². The van der Waals surface area contributed by atoms with Crippen molar-refractivity contribution < 1.29 is 18.7 Å². The maximum atomic E-state index is 13.8. The molecule has 2 aromatic carbocycles. The predicted octanol–water partition coefficient (Wildman–Crippen LogP) is 4.23. The lowest BCUT2D eigenvalue weighted by atomic mass is 10.2. The summed E-state index contributed by atoms with van der Waals surface area (Å²) in [5.41, 5.74) is 1.60. The van der Waals surface area contributed by atoms with Crippen LogP contribution in [0.3, 0.4) is 0 Å². The summed E-state index contributed by atoms with van der Waals surface area (Å²) in [4.78, 5) is 16.6. The normalized spacial score (nSPS) is 10.2. The Morgan fingerprint density at radius 2 is 1.81 bits per heavy atom. The van der Waals surface area contributed by atoms with Gasteiger partial charge in [-0.05, 0) is 30.3 Å². The molecule has 0 saturated heterocycles. The number of aromatic nitrogens is 1. The molecule has 1 heterocycles. The molecule has 0 aliphatic carbocycles. The maximum absolute atomic E-state index is 13.8. The molecule has 3 rings (SSSR count).